The van der Waals surface area contributed by atoms with E-state index in [0.717, 1.165) is 17.2 Å². The number of rotatable bonds is 1. The Balaban J connectivity index is 2.54. The maximum atomic E-state index is 13.1. The molecule has 1 nitrogen and oxygen atoms in total. The van der Waals surface area contributed by atoms with Gasteiger partial charge in [0.2, 0.25) is 0 Å². The first kappa shape index (κ1) is 10.6. The summed E-state index contributed by atoms with van der Waals surface area (Å²) < 4.78 is 25.9. The number of anilines is 1. The van der Waals surface area contributed by atoms with Crippen molar-refractivity contribution in [3.8, 4) is 11.1 Å². The summed E-state index contributed by atoms with van der Waals surface area (Å²) in [5.41, 5.74) is 8.72. The molecule has 0 saturated heterocycles. The Morgan fingerprint density at radius 3 is 2.31 bits per heavy atom. The lowest BCUT2D eigenvalue weighted by Crippen LogP contribution is -1.90. The Morgan fingerprint density at radius 2 is 1.69 bits per heavy atom. The average Bonchev–Trinajstić information content (AvgIpc) is 2.22. The predicted molar refractivity (Wildman–Crippen MR) is 60.9 cm³/mol. The molecule has 0 spiro atoms. The minimum absolute atomic E-state index is 0.649. The molecule has 0 unspecified atom stereocenters. The van der Waals surface area contributed by atoms with Crippen LogP contribution in [0.5, 0.6) is 0 Å². The maximum Gasteiger partial charge on any atom is 0.159 e. The number of hydrogen-bond donors (Lipinski definition) is 1. The maximum absolute atomic E-state index is 13.1. The first-order valence-electron chi connectivity index (χ1n) is 4.89. The fraction of sp³-hybridized carbons (Fsp3) is 0.0769. The molecule has 0 aromatic heterocycles. The third-order valence-corrected chi connectivity index (χ3v) is 2.48. The van der Waals surface area contributed by atoms with Gasteiger partial charge in [0, 0.05) is 5.69 Å². The van der Waals surface area contributed by atoms with Crippen LogP contribution in [-0.4, -0.2) is 0 Å². The molecule has 0 amide bonds. The zero-order valence-electron chi connectivity index (χ0n) is 8.80. The van der Waals surface area contributed by atoms with Crippen LogP contribution >= 0.6 is 0 Å². The summed E-state index contributed by atoms with van der Waals surface area (Å²) in [4.78, 5) is 0. The number of benzene rings is 2. The van der Waals surface area contributed by atoms with E-state index >= 15 is 0 Å². The van der Waals surface area contributed by atoms with Gasteiger partial charge in [-0.15, -0.1) is 0 Å². The van der Waals surface area contributed by atoms with E-state index in [1.807, 2.05) is 6.92 Å². The second-order valence-corrected chi connectivity index (χ2v) is 3.70. The molecule has 0 heterocycles. The van der Waals surface area contributed by atoms with Gasteiger partial charge in [0.05, 0.1) is 0 Å². The molecule has 2 N–H and O–H groups in total. The monoisotopic (exact) mass is 219 g/mol. The van der Waals surface area contributed by atoms with Crippen molar-refractivity contribution in [1.29, 1.82) is 0 Å². The molecule has 3 heteroatoms. The molecule has 2 rings (SSSR count). The number of halogens is 2. The van der Waals surface area contributed by atoms with Crippen LogP contribution in [-0.2, 0) is 0 Å². The zero-order chi connectivity index (χ0) is 11.7. The van der Waals surface area contributed by atoms with Crippen molar-refractivity contribution in [3.63, 3.8) is 0 Å². The van der Waals surface area contributed by atoms with Gasteiger partial charge in [-0.3, -0.25) is 0 Å². The second-order valence-electron chi connectivity index (χ2n) is 3.70. The van der Waals surface area contributed by atoms with Crippen LogP contribution in [0.3, 0.4) is 0 Å². The lowest BCUT2D eigenvalue weighted by atomic mass is 10.00. The van der Waals surface area contributed by atoms with Gasteiger partial charge in [-0.05, 0) is 47.9 Å². The number of hydrogen-bond acceptors (Lipinski definition) is 1. The Labute approximate surface area is 92.5 Å². The molecular weight excluding hydrogens is 208 g/mol. The third-order valence-electron chi connectivity index (χ3n) is 2.48. The highest BCUT2D eigenvalue weighted by Gasteiger charge is 2.06. The topological polar surface area (TPSA) is 26.0 Å². The molecule has 0 radical (unpaired) electrons. The Bertz CT molecular complexity index is 535. The summed E-state index contributed by atoms with van der Waals surface area (Å²) in [6, 6.07) is 9.21. The fourth-order valence-electron chi connectivity index (χ4n) is 1.67. The van der Waals surface area contributed by atoms with E-state index < -0.39 is 11.6 Å². The van der Waals surface area contributed by atoms with E-state index in [-0.39, 0.29) is 0 Å². The van der Waals surface area contributed by atoms with E-state index in [4.69, 9.17) is 5.73 Å². The van der Waals surface area contributed by atoms with Gasteiger partial charge in [0.15, 0.2) is 11.6 Å². The number of aryl methyl sites for hydroxylation is 1. The molecule has 2 aromatic rings. The molecule has 0 saturated carbocycles. The van der Waals surface area contributed by atoms with Gasteiger partial charge < -0.3 is 5.73 Å². The van der Waals surface area contributed by atoms with Crippen LogP contribution in [0, 0.1) is 18.6 Å². The summed E-state index contributed by atoms with van der Waals surface area (Å²) in [7, 11) is 0. The van der Waals surface area contributed by atoms with E-state index in [2.05, 4.69) is 0 Å². The lowest BCUT2D eigenvalue weighted by Gasteiger charge is -2.07. The van der Waals surface area contributed by atoms with Gasteiger partial charge in [-0.2, -0.15) is 0 Å². The summed E-state index contributed by atoms with van der Waals surface area (Å²) in [6.45, 7) is 1.88. The smallest absolute Gasteiger partial charge is 0.159 e. The summed E-state index contributed by atoms with van der Waals surface area (Å²) in [5.74, 6) is -1.68. The molecule has 0 fully saturated rings. The first-order valence-corrected chi connectivity index (χ1v) is 4.89. The van der Waals surface area contributed by atoms with Crippen molar-refractivity contribution in [1.82, 2.24) is 0 Å². The highest BCUT2D eigenvalue weighted by molar-refractivity contribution is 5.69. The van der Waals surface area contributed by atoms with Gasteiger partial charge in [-0.1, -0.05) is 12.1 Å². The van der Waals surface area contributed by atoms with Crippen LogP contribution < -0.4 is 5.73 Å². The zero-order valence-corrected chi connectivity index (χ0v) is 8.80. The Hall–Kier alpha value is -1.90. The molecule has 16 heavy (non-hydrogen) atoms. The van der Waals surface area contributed by atoms with E-state index in [9.17, 15) is 8.78 Å². The number of nitrogens with two attached hydrogens (primary N) is 1. The summed E-state index contributed by atoms with van der Waals surface area (Å²) >= 11 is 0. The molecule has 2 aromatic carbocycles. The Morgan fingerprint density at radius 1 is 0.938 bits per heavy atom. The standard InChI is InChI=1S/C13H11F2N/c1-8-6-10(16)3-4-11(8)9-2-5-12(14)13(15)7-9/h2-7H,16H2,1H3. The highest BCUT2D eigenvalue weighted by Crippen LogP contribution is 2.26. The van der Waals surface area contributed by atoms with Gasteiger partial charge in [0.25, 0.3) is 0 Å². The normalized spacial score (nSPS) is 10.4. The molecular formula is C13H11F2N. The third kappa shape index (κ3) is 1.89. The SMILES string of the molecule is Cc1cc(N)ccc1-c1ccc(F)c(F)c1. The van der Waals surface area contributed by atoms with Crippen LogP contribution in [0.25, 0.3) is 11.1 Å². The molecule has 0 aliphatic rings. The molecule has 0 bridgehead atoms. The van der Waals surface area contributed by atoms with E-state index in [1.54, 1.807) is 24.3 Å². The highest BCUT2D eigenvalue weighted by atomic mass is 19.2. The van der Waals surface area contributed by atoms with Crippen LogP contribution in [0.1, 0.15) is 5.56 Å². The van der Waals surface area contributed by atoms with Crippen LogP contribution in [0.2, 0.25) is 0 Å². The van der Waals surface area contributed by atoms with Crippen molar-refractivity contribution >= 4 is 5.69 Å². The molecule has 82 valence electrons. The van der Waals surface area contributed by atoms with Crippen molar-refractivity contribution in [3.05, 3.63) is 53.6 Å². The number of nitrogen functional groups attached to an aromatic ring is 1. The quantitative estimate of drug-likeness (QED) is 0.729. The van der Waals surface area contributed by atoms with Gasteiger partial charge >= 0.3 is 0 Å². The van der Waals surface area contributed by atoms with E-state index in [1.165, 1.54) is 6.07 Å². The molecule has 0 aliphatic heterocycles. The summed E-state index contributed by atoms with van der Waals surface area (Å²) in [5, 5.41) is 0. The van der Waals surface area contributed by atoms with E-state index in [0.29, 0.717) is 11.3 Å². The van der Waals surface area contributed by atoms with Crippen molar-refractivity contribution < 1.29 is 8.78 Å². The largest absolute Gasteiger partial charge is 0.399 e. The summed E-state index contributed by atoms with van der Waals surface area (Å²) in [6.07, 6.45) is 0. The minimum atomic E-state index is -0.839. The minimum Gasteiger partial charge on any atom is -0.399 e. The van der Waals surface area contributed by atoms with Crippen molar-refractivity contribution in [2.75, 3.05) is 5.73 Å². The molecule has 0 aliphatic carbocycles. The first-order chi connectivity index (χ1) is 7.58. The fourth-order valence-corrected chi connectivity index (χ4v) is 1.67. The van der Waals surface area contributed by atoms with Gasteiger partial charge in [0.1, 0.15) is 0 Å². The van der Waals surface area contributed by atoms with Crippen molar-refractivity contribution in [2.45, 2.75) is 6.92 Å². The lowest BCUT2D eigenvalue weighted by molar-refractivity contribution is 0.509. The molecule has 0 atom stereocenters. The second kappa shape index (κ2) is 3.93. The van der Waals surface area contributed by atoms with Crippen molar-refractivity contribution in [2.24, 2.45) is 0 Å². The Kier molecular flexibility index (Phi) is 2.60. The van der Waals surface area contributed by atoms with Crippen LogP contribution in [0.15, 0.2) is 36.4 Å². The van der Waals surface area contributed by atoms with Crippen LogP contribution in [0.4, 0.5) is 14.5 Å². The predicted octanol–water partition coefficient (Wildman–Crippen LogP) is 3.52. The average molecular weight is 219 g/mol. The van der Waals surface area contributed by atoms with Gasteiger partial charge in [-0.25, -0.2) is 8.78 Å².